The van der Waals surface area contributed by atoms with E-state index < -0.39 is 0 Å². The zero-order chi connectivity index (χ0) is 24.2. The predicted molar refractivity (Wildman–Crippen MR) is 151 cm³/mol. The van der Waals surface area contributed by atoms with E-state index in [1.54, 1.807) is 6.92 Å². The standard InChI is InChI=1S/C30H59O2P/c1-4-5-6-7-8-9-10-11-12-13-14-15-16-18-21-24-27-33-28-25-22-19-17-20-23-26-32-30(31)29(2)3/h33H,2,4-28H2,1,3H3. The third-order valence-electron chi connectivity index (χ3n) is 6.54. The molecule has 0 saturated carbocycles. The highest BCUT2D eigenvalue weighted by molar-refractivity contribution is 7.37. The Kier molecular flexibility index (Phi) is 27.6. The number of carbonyl (C=O) groups excluding carboxylic acids is 1. The van der Waals surface area contributed by atoms with Crippen molar-refractivity contribution < 1.29 is 9.53 Å². The van der Waals surface area contributed by atoms with Crippen molar-refractivity contribution in [2.75, 3.05) is 18.9 Å². The van der Waals surface area contributed by atoms with Gasteiger partial charge in [0, 0.05) is 5.57 Å². The van der Waals surface area contributed by atoms with Crippen molar-refractivity contribution in [3.8, 4) is 0 Å². The summed E-state index contributed by atoms with van der Waals surface area (Å²) in [4.78, 5) is 11.3. The maximum Gasteiger partial charge on any atom is 0.333 e. The number of ether oxygens (including phenoxy) is 1. The minimum atomic E-state index is -0.250. The SMILES string of the molecule is C=C(C)C(=O)OCCCCCCCCPCCCCCCCCCCCCCCCCCC. The van der Waals surface area contributed by atoms with E-state index in [0.717, 1.165) is 6.42 Å². The molecule has 1 atom stereocenters. The van der Waals surface area contributed by atoms with Gasteiger partial charge in [0.2, 0.25) is 0 Å². The zero-order valence-electron chi connectivity index (χ0n) is 22.7. The van der Waals surface area contributed by atoms with Crippen molar-refractivity contribution in [3.05, 3.63) is 12.2 Å². The van der Waals surface area contributed by atoms with Gasteiger partial charge in [0.1, 0.15) is 0 Å². The number of esters is 1. The van der Waals surface area contributed by atoms with Crippen LogP contribution in [0.1, 0.15) is 155 Å². The summed E-state index contributed by atoms with van der Waals surface area (Å²) in [5.74, 6) is -0.250. The van der Waals surface area contributed by atoms with E-state index in [9.17, 15) is 4.79 Å². The van der Waals surface area contributed by atoms with Crippen molar-refractivity contribution in [1.82, 2.24) is 0 Å². The van der Waals surface area contributed by atoms with Crippen LogP contribution in [0.15, 0.2) is 12.2 Å². The van der Waals surface area contributed by atoms with Crippen LogP contribution in [-0.4, -0.2) is 24.9 Å². The first-order chi connectivity index (χ1) is 16.2. The van der Waals surface area contributed by atoms with E-state index in [4.69, 9.17) is 4.74 Å². The van der Waals surface area contributed by atoms with E-state index in [1.165, 1.54) is 156 Å². The Balaban J connectivity index is 3.05. The third kappa shape index (κ3) is 27.8. The fourth-order valence-corrected chi connectivity index (χ4v) is 5.52. The predicted octanol–water partition coefficient (Wildman–Crippen LogP) is 10.4. The van der Waals surface area contributed by atoms with E-state index in [0.29, 0.717) is 12.2 Å². The maximum absolute atomic E-state index is 11.3. The molecule has 0 aliphatic carbocycles. The lowest BCUT2D eigenvalue weighted by Crippen LogP contribution is -2.05. The van der Waals surface area contributed by atoms with Crippen LogP contribution in [0, 0.1) is 0 Å². The number of carbonyl (C=O) groups is 1. The van der Waals surface area contributed by atoms with Crippen LogP contribution in [0.5, 0.6) is 0 Å². The number of unbranched alkanes of at least 4 members (excludes halogenated alkanes) is 20. The van der Waals surface area contributed by atoms with Gasteiger partial charge in [-0.25, -0.2) is 4.79 Å². The summed E-state index contributed by atoms with van der Waals surface area (Å²) in [6.07, 6.45) is 33.8. The molecule has 1 unspecified atom stereocenters. The van der Waals surface area contributed by atoms with E-state index in [1.807, 2.05) is 0 Å². The molecule has 0 spiro atoms. The molecule has 0 amide bonds. The van der Waals surface area contributed by atoms with Crippen LogP contribution >= 0.6 is 8.58 Å². The van der Waals surface area contributed by atoms with Crippen molar-refractivity contribution in [1.29, 1.82) is 0 Å². The summed E-state index contributed by atoms with van der Waals surface area (Å²) in [6, 6.07) is 0. The Morgan fingerprint density at radius 3 is 1.27 bits per heavy atom. The van der Waals surface area contributed by atoms with Gasteiger partial charge in [0.25, 0.3) is 0 Å². The van der Waals surface area contributed by atoms with Crippen LogP contribution < -0.4 is 0 Å². The van der Waals surface area contributed by atoms with Gasteiger partial charge < -0.3 is 4.74 Å². The van der Waals surface area contributed by atoms with E-state index in [2.05, 4.69) is 13.5 Å². The molecular formula is C30H59O2P. The van der Waals surface area contributed by atoms with Gasteiger partial charge >= 0.3 is 5.97 Å². The molecule has 0 radical (unpaired) electrons. The zero-order valence-corrected chi connectivity index (χ0v) is 23.7. The monoisotopic (exact) mass is 482 g/mol. The second-order valence-electron chi connectivity index (χ2n) is 10.1. The summed E-state index contributed by atoms with van der Waals surface area (Å²) in [7, 11) is 1.18. The third-order valence-corrected chi connectivity index (χ3v) is 7.95. The van der Waals surface area contributed by atoms with Gasteiger partial charge in [-0.1, -0.05) is 135 Å². The van der Waals surface area contributed by atoms with Crippen LogP contribution in [0.3, 0.4) is 0 Å². The van der Waals surface area contributed by atoms with E-state index in [-0.39, 0.29) is 5.97 Å². The van der Waals surface area contributed by atoms with Gasteiger partial charge in [0.05, 0.1) is 6.61 Å². The van der Waals surface area contributed by atoms with Crippen molar-refractivity contribution in [2.24, 2.45) is 0 Å². The molecular weight excluding hydrogens is 423 g/mol. The highest BCUT2D eigenvalue weighted by atomic mass is 31.1. The van der Waals surface area contributed by atoms with Crippen LogP contribution in [-0.2, 0) is 9.53 Å². The average Bonchev–Trinajstić information content (AvgIpc) is 2.81. The van der Waals surface area contributed by atoms with Gasteiger partial charge in [-0.05, 0) is 38.5 Å². The smallest absolute Gasteiger partial charge is 0.333 e. The first-order valence-corrected chi connectivity index (χ1v) is 16.1. The highest BCUT2D eigenvalue weighted by Gasteiger charge is 2.01. The lowest BCUT2D eigenvalue weighted by molar-refractivity contribution is -0.139. The van der Waals surface area contributed by atoms with Gasteiger partial charge in [-0.3, -0.25) is 0 Å². The van der Waals surface area contributed by atoms with Crippen LogP contribution in [0.4, 0.5) is 0 Å². The Morgan fingerprint density at radius 2 is 0.909 bits per heavy atom. The quantitative estimate of drug-likeness (QED) is 0.0503. The van der Waals surface area contributed by atoms with Gasteiger partial charge in [-0.2, -0.15) is 0 Å². The lowest BCUT2D eigenvalue weighted by Gasteiger charge is -2.05. The Bertz CT molecular complexity index is 422. The molecule has 0 bridgehead atoms. The highest BCUT2D eigenvalue weighted by Crippen LogP contribution is 2.18. The minimum Gasteiger partial charge on any atom is -0.462 e. The number of hydrogen-bond donors (Lipinski definition) is 0. The topological polar surface area (TPSA) is 26.3 Å². The molecule has 0 aliphatic rings. The molecule has 196 valence electrons. The van der Waals surface area contributed by atoms with Gasteiger partial charge in [-0.15, -0.1) is 8.58 Å². The van der Waals surface area contributed by atoms with Crippen molar-refractivity contribution in [2.45, 2.75) is 155 Å². The molecule has 0 aliphatic heterocycles. The fourth-order valence-electron chi connectivity index (χ4n) is 4.27. The molecule has 0 aromatic heterocycles. The fraction of sp³-hybridized carbons (Fsp3) is 0.900. The molecule has 0 aromatic rings. The maximum atomic E-state index is 11.3. The summed E-state index contributed by atoms with van der Waals surface area (Å²) >= 11 is 0. The molecule has 0 fully saturated rings. The average molecular weight is 483 g/mol. The first kappa shape index (κ1) is 32.6. The molecule has 2 nitrogen and oxygen atoms in total. The Hall–Kier alpha value is -0.360. The molecule has 0 saturated heterocycles. The summed E-state index contributed by atoms with van der Waals surface area (Å²) in [6.45, 7) is 8.14. The van der Waals surface area contributed by atoms with Gasteiger partial charge in [0.15, 0.2) is 0 Å². The molecule has 0 N–H and O–H groups in total. The molecule has 0 heterocycles. The number of hydrogen-bond acceptors (Lipinski definition) is 2. The largest absolute Gasteiger partial charge is 0.462 e. The summed E-state index contributed by atoms with van der Waals surface area (Å²) in [5.41, 5.74) is 0.496. The lowest BCUT2D eigenvalue weighted by atomic mass is 10.0. The molecule has 3 heteroatoms. The number of rotatable bonds is 27. The second kappa shape index (κ2) is 27.9. The summed E-state index contributed by atoms with van der Waals surface area (Å²) < 4.78 is 5.12. The van der Waals surface area contributed by atoms with Crippen molar-refractivity contribution >= 4 is 14.6 Å². The normalized spacial score (nSPS) is 11.5. The van der Waals surface area contributed by atoms with E-state index >= 15 is 0 Å². The van der Waals surface area contributed by atoms with Crippen LogP contribution in [0.25, 0.3) is 0 Å². The van der Waals surface area contributed by atoms with Crippen molar-refractivity contribution in [3.63, 3.8) is 0 Å². The Morgan fingerprint density at radius 1 is 0.576 bits per heavy atom. The molecule has 0 aromatic carbocycles. The molecule has 0 rings (SSSR count). The first-order valence-electron chi connectivity index (χ1n) is 14.7. The summed E-state index contributed by atoms with van der Waals surface area (Å²) in [5, 5.41) is 0. The van der Waals surface area contributed by atoms with Crippen LogP contribution in [0.2, 0.25) is 0 Å². The second-order valence-corrected chi connectivity index (χ2v) is 11.6. The molecule has 33 heavy (non-hydrogen) atoms. The Labute approximate surface area is 210 Å². The minimum absolute atomic E-state index is 0.250.